The van der Waals surface area contributed by atoms with Crippen molar-refractivity contribution in [3.63, 3.8) is 0 Å². The third kappa shape index (κ3) is 5.47. The second-order valence-electron chi connectivity index (χ2n) is 8.07. The van der Waals surface area contributed by atoms with Gasteiger partial charge in [0.2, 0.25) is 5.89 Å². The van der Waals surface area contributed by atoms with Crippen LogP contribution in [-0.4, -0.2) is 30.2 Å². The highest BCUT2D eigenvalue weighted by atomic mass is 79.9. The Morgan fingerprint density at radius 2 is 1.77 bits per heavy atom. The third-order valence-corrected chi connectivity index (χ3v) is 6.10. The molecule has 0 saturated carbocycles. The van der Waals surface area contributed by atoms with Crippen molar-refractivity contribution in [3.8, 4) is 23.0 Å². The minimum atomic E-state index is -0.407. The molecule has 35 heavy (non-hydrogen) atoms. The van der Waals surface area contributed by atoms with Crippen LogP contribution in [0.1, 0.15) is 35.7 Å². The molecule has 0 fully saturated rings. The lowest BCUT2D eigenvalue weighted by Gasteiger charge is -2.14. The van der Waals surface area contributed by atoms with Crippen LogP contribution >= 0.6 is 28.1 Å². The Morgan fingerprint density at radius 3 is 2.49 bits per heavy atom. The summed E-state index contributed by atoms with van der Waals surface area (Å²) in [7, 11) is 3.06. The molecule has 1 heterocycles. The van der Waals surface area contributed by atoms with Gasteiger partial charge in [-0.25, -0.2) is 4.98 Å². The Balaban J connectivity index is 1.58. The maximum Gasteiger partial charge on any atom is 0.261 e. The molecule has 0 atom stereocenters. The number of anilines is 1. The van der Waals surface area contributed by atoms with E-state index in [9.17, 15) is 4.79 Å². The monoisotopic (exact) mass is 553 g/mol. The quantitative estimate of drug-likeness (QED) is 0.262. The number of oxazole rings is 1. The van der Waals surface area contributed by atoms with Crippen LogP contribution in [0.3, 0.4) is 0 Å². The Bertz CT molecular complexity index is 1420. The summed E-state index contributed by atoms with van der Waals surface area (Å²) < 4.78 is 17.5. The van der Waals surface area contributed by atoms with E-state index in [1.54, 1.807) is 31.4 Å². The molecule has 0 spiro atoms. The number of ether oxygens (including phenoxy) is 2. The van der Waals surface area contributed by atoms with E-state index < -0.39 is 5.91 Å². The predicted molar refractivity (Wildman–Crippen MR) is 144 cm³/mol. The fourth-order valence-electron chi connectivity index (χ4n) is 3.55. The predicted octanol–water partition coefficient (Wildman–Crippen LogP) is 6.52. The van der Waals surface area contributed by atoms with Gasteiger partial charge in [0, 0.05) is 10.0 Å². The zero-order valence-corrected chi connectivity index (χ0v) is 22.0. The molecule has 2 N–H and O–H groups in total. The van der Waals surface area contributed by atoms with Crippen molar-refractivity contribution < 1.29 is 18.7 Å². The summed E-state index contributed by atoms with van der Waals surface area (Å²) in [6.45, 7) is 4.27. The molecule has 4 rings (SSSR count). The van der Waals surface area contributed by atoms with Crippen LogP contribution in [0, 0.1) is 0 Å². The number of rotatable bonds is 6. The highest BCUT2D eigenvalue weighted by Gasteiger charge is 2.17. The molecule has 3 aromatic carbocycles. The number of benzene rings is 3. The number of thiocarbonyl (C=S) groups is 1. The Morgan fingerprint density at radius 1 is 1.03 bits per heavy atom. The van der Waals surface area contributed by atoms with Crippen molar-refractivity contribution in [2.75, 3.05) is 19.5 Å². The molecule has 0 unspecified atom stereocenters. The number of carbonyl (C=O) groups excluding carboxylic acids is 1. The zero-order valence-electron chi connectivity index (χ0n) is 19.6. The van der Waals surface area contributed by atoms with E-state index in [-0.39, 0.29) is 5.11 Å². The fraction of sp³-hybridized carbons (Fsp3) is 0.192. The topological polar surface area (TPSA) is 85.6 Å². The maximum absolute atomic E-state index is 12.8. The number of methoxy groups -OCH3 is 2. The van der Waals surface area contributed by atoms with Crippen LogP contribution in [0.2, 0.25) is 0 Å². The number of fused-ring (bicyclic) bond motifs is 1. The van der Waals surface area contributed by atoms with Crippen molar-refractivity contribution in [1.29, 1.82) is 0 Å². The molecular weight excluding hydrogens is 530 g/mol. The van der Waals surface area contributed by atoms with Gasteiger partial charge in [-0.1, -0.05) is 35.8 Å². The Hall–Kier alpha value is -3.43. The molecule has 0 saturated heterocycles. The highest BCUT2D eigenvalue weighted by Crippen LogP contribution is 2.33. The number of amides is 1. The van der Waals surface area contributed by atoms with Crippen molar-refractivity contribution in [3.05, 3.63) is 70.2 Å². The lowest BCUT2D eigenvalue weighted by Crippen LogP contribution is -2.34. The normalized spacial score (nSPS) is 10.9. The molecule has 9 heteroatoms. The first-order chi connectivity index (χ1) is 16.8. The van der Waals surface area contributed by atoms with Crippen molar-refractivity contribution >= 4 is 56.0 Å². The van der Waals surface area contributed by atoms with E-state index >= 15 is 0 Å². The van der Waals surface area contributed by atoms with Crippen LogP contribution in [0.25, 0.3) is 22.6 Å². The first kappa shape index (κ1) is 24.7. The van der Waals surface area contributed by atoms with Crippen LogP contribution in [0.4, 0.5) is 5.69 Å². The van der Waals surface area contributed by atoms with Gasteiger partial charge in [-0.05, 0) is 72.2 Å². The Kier molecular flexibility index (Phi) is 7.37. The molecule has 0 aliphatic carbocycles. The number of nitrogens with one attached hydrogen (secondary N) is 2. The zero-order chi connectivity index (χ0) is 25.1. The first-order valence-electron chi connectivity index (χ1n) is 10.8. The van der Waals surface area contributed by atoms with Gasteiger partial charge in [-0.2, -0.15) is 0 Å². The minimum absolute atomic E-state index is 0.103. The molecule has 1 aromatic heterocycles. The van der Waals surface area contributed by atoms with E-state index in [1.807, 2.05) is 30.3 Å². The second kappa shape index (κ2) is 10.5. The molecular formula is C26H24BrN3O4S. The number of hydrogen-bond donors (Lipinski definition) is 2. The van der Waals surface area contributed by atoms with Crippen molar-refractivity contribution in [2.24, 2.45) is 0 Å². The molecule has 0 aliphatic heterocycles. The molecule has 180 valence electrons. The van der Waals surface area contributed by atoms with E-state index in [4.69, 9.17) is 26.1 Å². The van der Waals surface area contributed by atoms with Crippen LogP contribution in [0.15, 0.2) is 63.5 Å². The van der Waals surface area contributed by atoms with Gasteiger partial charge < -0.3 is 19.2 Å². The van der Waals surface area contributed by atoms with E-state index in [1.165, 1.54) is 12.7 Å². The largest absolute Gasteiger partial charge is 0.496 e. The van der Waals surface area contributed by atoms with Crippen LogP contribution < -0.4 is 20.1 Å². The van der Waals surface area contributed by atoms with Gasteiger partial charge in [0.25, 0.3) is 5.91 Å². The molecule has 4 aromatic rings. The van der Waals surface area contributed by atoms with E-state index in [0.717, 1.165) is 15.6 Å². The van der Waals surface area contributed by atoms with Gasteiger partial charge in [0.1, 0.15) is 17.0 Å². The first-order valence-corrected chi connectivity index (χ1v) is 12.0. The van der Waals surface area contributed by atoms with Crippen molar-refractivity contribution in [1.82, 2.24) is 10.3 Å². The average molecular weight is 554 g/mol. The van der Waals surface area contributed by atoms with E-state index in [2.05, 4.69) is 45.4 Å². The SMILES string of the molecule is COc1ccc(-c2nc3cc(C(C)C)ccc3o2)cc1NC(=S)NC(=O)c1cc(Br)ccc1OC. The second-order valence-corrected chi connectivity index (χ2v) is 9.39. The van der Waals surface area contributed by atoms with Crippen LogP contribution in [0.5, 0.6) is 11.5 Å². The summed E-state index contributed by atoms with van der Waals surface area (Å²) in [4.78, 5) is 17.5. The molecule has 0 bridgehead atoms. The van der Waals surface area contributed by atoms with Crippen molar-refractivity contribution in [2.45, 2.75) is 19.8 Å². The van der Waals surface area contributed by atoms with Crippen LogP contribution in [-0.2, 0) is 0 Å². The third-order valence-electron chi connectivity index (χ3n) is 5.41. The number of carbonyl (C=O) groups is 1. The molecule has 7 nitrogen and oxygen atoms in total. The summed E-state index contributed by atoms with van der Waals surface area (Å²) in [5.74, 6) is 1.44. The lowest BCUT2D eigenvalue weighted by atomic mass is 10.0. The number of nitrogens with zero attached hydrogens (tertiary/aromatic N) is 1. The molecule has 0 aliphatic rings. The van der Waals surface area contributed by atoms with Gasteiger partial charge in [-0.15, -0.1) is 0 Å². The molecule has 1 amide bonds. The standard InChI is InChI=1S/C26H24BrN3O4S/c1-14(2)15-5-9-23-20(11-15)28-25(34-23)16-6-8-22(33-4)19(12-16)29-26(35)30-24(31)18-13-17(27)7-10-21(18)32-3/h5-14H,1-4H3,(H2,29,30,31,35). The lowest BCUT2D eigenvalue weighted by molar-refractivity contribution is 0.0974. The number of halogens is 1. The number of aromatic nitrogens is 1. The summed E-state index contributed by atoms with van der Waals surface area (Å²) in [6.07, 6.45) is 0. The van der Waals surface area contributed by atoms with Gasteiger partial charge in [-0.3, -0.25) is 10.1 Å². The molecule has 0 radical (unpaired) electrons. The summed E-state index contributed by atoms with van der Waals surface area (Å²) in [5, 5.41) is 5.82. The smallest absolute Gasteiger partial charge is 0.261 e. The van der Waals surface area contributed by atoms with Gasteiger partial charge in [0.05, 0.1) is 25.5 Å². The Labute approximate surface area is 217 Å². The minimum Gasteiger partial charge on any atom is -0.496 e. The maximum atomic E-state index is 12.8. The summed E-state index contributed by atoms with van der Waals surface area (Å²) >= 11 is 8.76. The number of hydrogen-bond acceptors (Lipinski definition) is 6. The van der Waals surface area contributed by atoms with Gasteiger partial charge in [0.15, 0.2) is 10.7 Å². The summed E-state index contributed by atoms with van der Waals surface area (Å²) in [5.41, 5.74) is 4.33. The van der Waals surface area contributed by atoms with Gasteiger partial charge >= 0.3 is 0 Å². The summed E-state index contributed by atoms with van der Waals surface area (Å²) in [6, 6.07) is 16.6. The average Bonchev–Trinajstić information content (AvgIpc) is 3.27. The fourth-order valence-corrected chi connectivity index (χ4v) is 4.11. The highest BCUT2D eigenvalue weighted by molar-refractivity contribution is 9.10. The van der Waals surface area contributed by atoms with E-state index in [0.29, 0.717) is 40.1 Å².